The van der Waals surface area contributed by atoms with Gasteiger partial charge in [0.25, 0.3) is 5.91 Å². The quantitative estimate of drug-likeness (QED) is 0.593. The summed E-state index contributed by atoms with van der Waals surface area (Å²) in [5.74, 6) is -0.607. The van der Waals surface area contributed by atoms with Gasteiger partial charge in [0.05, 0.1) is 10.2 Å². The van der Waals surface area contributed by atoms with Crippen LogP contribution in [0.15, 0.2) is 48.5 Å². The Balaban J connectivity index is 1.36. The lowest BCUT2D eigenvalue weighted by Gasteiger charge is -2.08. The largest absolute Gasteiger partial charge is 0.326 e. The smallest absolute Gasteiger partial charge is 0.322 e. The molecule has 3 N–H and O–H groups in total. The normalized spacial score (nSPS) is 16.2. The van der Waals surface area contributed by atoms with Crippen molar-refractivity contribution in [1.82, 2.24) is 15.6 Å². The van der Waals surface area contributed by atoms with E-state index in [0.29, 0.717) is 5.69 Å². The third-order valence-corrected chi connectivity index (χ3v) is 5.31. The number of hydrogen-bond acceptors (Lipinski definition) is 5. The fourth-order valence-corrected chi connectivity index (χ4v) is 3.82. The van der Waals surface area contributed by atoms with Crippen molar-refractivity contribution < 1.29 is 14.4 Å². The van der Waals surface area contributed by atoms with E-state index in [0.717, 1.165) is 20.8 Å². The van der Waals surface area contributed by atoms with Crippen LogP contribution in [0.5, 0.6) is 0 Å². The zero-order valence-electron chi connectivity index (χ0n) is 14.2. The molecule has 1 atom stereocenters. The summed E-state index contributed by atoms with van der Waals surface area (Å²) in [6.45, 7) is 0. The maximum Gasteiger partial charge on any atom is 0.322 e. The maximum atomic E-state index is 12.1. The molecule has 1 fully saturated rings. The second-order valence-corrected chi connectivity index (χ2v) is 7.20. The van der Waals surface area contributed by atoms with E-state index >= 15 is 0 Å². The number of anilines is 1. The van der Waals surface area contributed by atoms with Gasteiger partial charge in [-0.25, -0.2) is 9.78 Å². The van der Waals surface area contributed by atoms with Crippen LogP contribution in [0.4, 0.5) is 10.5 Å². The van der Waals surface area contributed by atoms with Gasteiger partial charge in [-0.2, -0.15) is 0 Å². The summed E-state index contributed by atoms with van der Waals surface area (Å²) in [5, 5.41) is 8.34. The van der Waals surface area contributed by atoms with Crippen LogP contribution >= 0.6 is 11.3 Å². The second-order valence-electron chi connectivity index (χ2n) is 6.17. The van der Waals surface area contributed by atoms with E-state index in [1.165, 1.54) is 0 Å². The molecule has 0 radical (unpaired) electrons. The number of carbonyl (C=O) groups is 3. The molecule has 8 heteroatoms. The van der Waals surface area contributed by atoms with Gasteiger partial charge in [0.15, 0.2) is 0 Å². The highest BCUT2D eigenvalue weighted by molar-refractivity contribution is 7.21. The predicted octanol–water partition coefficient (Wildman–Crippen LogP) is 2.89. The van der Waals surface area contributed by atoms with Crippen LogP contribution in [0.2, 0.25) is 0 Å². The van der Waals surface area contributed by atoms with Crippen molar-refractivity contribution in [2.75, 3.05) is 5.32 Å². The molecule has 4 rings (SSSR count). The maximum absolute atomic E-state index is 12.1. The molecule has 0 saturated carbocycles. The van der Waals surface area contributed by atoms with Gasteiger partial charge in [-0.1, -0.05) is 12.1 Å². The minimum atomic E-state index is -0.648. The molecule has 27 heavy (non-hydrogen) atoms. The average Bonchev–Trinajstić information content (AvgIpc) is 3.23. The number of fused-ring (bicyclic) bond motifs is 1. The van der Waals surface area contributed by atoms with Gasteiger partial charge in [0, 0.05) is 17.7 Å². The van der Waals surface area contributed by atoms with E-state index in [4.69, 9.17) is 0 Å². The van der Waals surface area contributed by atoms with Crippen molar-refractivity contribution in [3.8, 4) is 10.6 Å². The Kier molecular flexibility index (Phi) is 4.55. The lowest BCUT2D eigenvalue weighted by Crippen LogP contribution is -2.30. The Morgan fingerprint density at radius 2 is 1.89 bits per heavy atom. The predicted molar refractivity (Wildman–Crippen MR) is 103 cm³/mol. The van der Waals surface area contributed by atoms with Crippen LogP contribution in [0.25, 0.3) is 20.8 Å². The Morgan fingerprint density at radius 3 is 2.59 bits per heavy atom. The van der Waals surface area contributed by atoms with Crippen molar-refractivity contribution in [1.29, 1.82) is 0 Å². The number of aromatic nitrogens is 1. The molecule has 2 aromatic carbocycles. The highest BCUT2D eigenvalue weighted by atomic mass is 32.1. The first-order chi connectivity index (χ1) is 13.1. The Morgan fingerprint density at radius 1 is 1.11 bits per heavy atom. The molecule has 0 bridgehead atoms. The van der Waals surface area contributed by atoms with Crippen molar-refractivity contribution in [2.45, 2.75) is 18.9 Å². The SMILES string of the molecule is O=C(CCC1NC(=O)NC1=O)Nc1ccc(-c2nc3ccccc3s2)cc1. The van der Waals surface area contributed by atoms with E-state index in [1.54, 1.807) is 11.3 Å². The molecular formula is C19H16N4O3S. The van der Waals surface area contributed by atoms with E-state index in [1.807, 2.05) is 48.5 Å². The van der Waals surface area contributed by atoms with Gasteiger partial charge in [-0.15, -0.1) is 11.3 Å². The molecule has 3 aromatic rings. The van der Waals surface area contributed by atoms with E-state index in [-0.39, 0.29) is 18.7 Å². The first kappa shape index (κ1) is 17.2. The lowest BCUT2D eigenvalue weighted by molar-refractivity contribution is -0.120. The van der Waals surface area contributed by atoms with E-state index in [9.17, 15) is 14.4 Å². The minimum Gasteiger partial charge on any atom is -0.326 e. The molecule has 1 aliphatic rings. The van der Waals surface area contributed by atoms with Gasteiger partial charge in [0.2, 0.25) is 5.91 Å². The minimum absolute atomic E-state index is 0.137. The first-order valence-electron chi connectivity index (χ1n) is 8.46. The molecule has 1 unspecified atom stereocenters. The summed E-state index contributed by atoms with van der Waals surface area (Å²) in [7, 11) is 0. The molecule has 2 heterocycles. The van der Waals surface area contributed by atoms with Crippen LogP contribution in [0.3, 0.4) is 0 Å². The number of benzene rings is 2. The monoisotopic (exact) mass is 380 g/mol. The number of amides is 4. The summed E-state index contributed by atoms with van der Waals surface area (Å²) in [5.41, 5.74) is 2.63. The number of hydrogen-bond donors (Lipinski definition) is 3. The van der Waals surface area contributed by atoms with Crippen LogP contribution in [-0.2, 0) is 9.59 Å². The van der Waals surface area contributed by atoms with Gasteiger partial charge < -0.3 is 10.6 Å². The Labute approximate surface area is 158 Å². The van der Waals surface area contributed by atoms with Crippen LogP contribution in [0, 0.1) is 0 Å². The summed E-state index contributed by atoms with van der Waals surface area (Å²) in [6.07, 6.45) is 0.394. The number of urea groups is 1. The summed E-state index contributed by atoms with van der Waals surface area (Å²) in [4.78, 5) is 39.2. The third-order valence-electron chi connectivity index (χ3n) is 4.23. The molecule has 7 nitrogen and oxygen atoms in total. The number of nitrogens with zero attached hydrogens (tertiary/aromatic N) is 1. The zero-order chi connectivity index (χ0) is 18.8. The summed E-state index contributed by atoms with van der Waals surface area (Å²) >= 11 is 1.62. The highest BCUT2D eigenvalue weighted by Gasteiger charge is 2.29. The standard InChI is InChI=1S/C19H16N4O3S/c24-16(10-9-14-17(25)23-19(26)22-14)20-12-7-5-11(6-8-12)18-21-13-3-1-2-4-15(13)27-18/h1-8,14H,9-10H2,(H,20,24)(H2,22,23,25,26). The molecule has 136 valence electrons. The Hall–Kier alpha value is -3.26. The molecule has 4 amide bonds. The molecular weight excluding hydrogens is 364 g/mol. The molecule has 1 aromatic heterocycles. The fourth-order valence-electron chi connectivity index (χ4n) is 2.85. The summed E-state index contributed by atoms with van der Waals surface area (Å²) < 4.78 is 1.13. The van der Waals surface area contributed by atoms with Crippen LogP contribution in [-0.4, -0.2) is 28.9 Å². The molecule has 1 saturated heterocycles. The fraction of sp³-hybridized carbons (Fsp3) is 0.158. The first-order valence-corrected chi connectivity index (χ1v) is 9.27. The van der Waals surface area contributed by atoms with E-state index in [2.05, 4.69) is 20.9 Å². The van der Waals surface area contributed by atoms with Gasteiger partial charge in [0.1, 0.15) is 11.0 Å². The molecule has 0 aliphatic carbocycles. The number of imide groups is 1. The molecule has 0 spiro atoms. The lowest BCUT2D eigenvalue weighted by atomic mass is 10.1. The zero-order valence-corrected chi connectivity index (χ0v) is 15.0. The molecule has 1 aliphatic heterocycles. The topological polar surface area (TPSA) is 100 Å². The number of rotatable bonds is 5. The van der Waals surface area contributed by atoms with Crippen LogP contribution in [0.1, 0.15) is 12.8 Å². The number of thiazole rings is 1. The second kappa shape index (κ2) is 7.16. The number of carbonyl (C=O) groups excluding carboxylic acids is 3. The van der Waals surface area contributed by atoms with E-state index < -0.39 is 18.0 Å². The van der Waals surface area contributed by atoms with Crippen LogP contribution < -0.4 is 16.0 Å². The van der Waals surface area contributed by atoms with Crippen molar-refractivity contribution in [3.05, 3.63) is 48.5 Å². The van der Waals surface area contributed by atoms with Crippen molar-refractivity contribution in [3.63, 3.8) is 0 Å². The van der Waals surface area contributed by atoms with Gasteiger partial charge in [-0.05, 0) is 42.8 Å². The highest BCUT2D eigenvalue weighted by Crippen LogP contribution is 2.30. The number of nitrogens with one attached hydrogen (secondary N) is 3. The number of para-hydroxylation sites is 1. The summed E-state index contributed by atoms with van der Waals surface area (Å²) in [6, 6.07) is 14.3. The third kappa shape index (κ3) is 3.80. The average molecular weight is 380 g/mol. The van der Waals surface area contributed by atoms with Crippen molar-refractivity contribution in [2.24, 2.45) is 0 Å². The Bertz CT molecular complexity index is 996. The van der Waals surface area contributed by atoms with Gasteiger partial charge in [-0.3, -0.25) is 14.9 Å². The van der Waals surface area contributed by atoms with Crippen molar-refractivity contribution >= 4 is 45.1 Å². The van der Waals surface area contributed by atoms with Gasteiger partial charge >= 0.3 is 6.03 Å².